The van der Waals surface area contributed by atoms with Crippen LogP contribution in [0.2, 0.25) is 0 Å². The molecule has 3 rings (SSSR count). The number of nitrogens with one attached hydrogen (secondary N) is 1. The molecule has 7 nitrogen and oxygen atoms in total. The van der Waals surface area contributed by atoms with Crippen LogP contribution in [0.4, 0.5) is 0 Å². The van der Waals surface area contributed by atoms with Gasteiger partial charge in [0.25, 0.3) is 5.78 Å². The Hall–Kier alpha value is -3.22. The van der Waals surface area contributed by atoms with Crippen molar-refractivity contribution in [3.8, 4) is 5.75 Å². The molecule has 0 bridgehead atoms. The van der Waals surface area contributed by atoms with Crippen molar-refractivity contribution in [2.24, 2.45) is 0 Å². The lowest BCUT2D eigenvalue weighted by Gasteiger charge is -2.05. The van der Waals surface area contributed by atoms with Gasteiger partial charge in [-0.2, -0.15) is 0 Å². The Balaban J connectivity index is 1.67. The highest BCUT2D eigenvalue weighted by Gasteiger charge is 2.20. The van der Waals surface area contributed by atoms with Gasteiger partial charge in [-0.1, -0.05) is 18.2 Å². The maximum absolute atomic E-state index is 12.0. The molecule has 0 unspecified atom stereocenters. The Labute approximate surface area is 137 Å². The first-order chi connectivity index (χ1) is 11.7. The molecule has 0 aliphatic rings. The normalized spacial score (nSPS) is 10.5. The first-order valence-corrected chi connectivity index (χ1v) is 7.29. The van der Waals surface area contributed by atoms with Gasteiger partial charge in [0.1, 0.15) is 17.8 Å². The number of hydrogen-bond acceptors (Lipinski definition) is 6. The van der Waals surface area contributed by atoms with Crippen molar-refractivity contribution in [3.05, 3.63) is 65.6 Å². The fourth-order valence-corrected chi connectivity index (χ4v) is 2.36. The molecule has 0 saturated heterocycles. The summed E-state index contributed by atoms with van der Waals surface area (Å²) in [5, 5.41) is 6.02. The van der Waals surface area contributed by atoms with Crippen LogP contribution in [0, 0.1) is 0 Å². The minimum Gasteiger partial charge on any atom is -0.496 e. The number of aromatic nitrogens is 3. The first kappa shape index (κ1) is 15.7. The summed E-state index contributed by atoms with van der Waals surface area (Å²) < 4.78 is 10.8. The second kappa shape index (κ2) is 6.91. The summed E-state index contributed by atoms with van der Waals surface area (Å²) in [6.07, 6.45) is 3.22. The predicted molar refractivity (Wildman–Crippen MR) is 83.9 cm³/mol. The zero-order valence-corrected chi connectivity index (χ0v) is 13.0. The second-order valence-corrected chi connectivity index (χ2v) is 5.16. The van der Waals surface area contributed by atoms with Crippen LogP contribution >= 0.6 is 0 Å². The van der Waals surface area contributed by atoms with Crippen LogP contribution in [-0.4, -0.2) is 33.9 Å². The van der Waals surface area contributed by atoms with Crippen molar-refractivity contribution < 1.29 is 18.7 Å². The van der Waals surface area contributed by atoms with E-state index in [1.54, 1.807) is 13.2 Å². The summed E-state index contributed by atoms with van der Waals surface area (Å²) in [7, 11) is 1.61. The molecule has 3 aromatic rings. The van der Waals surface area contributed by atoms with Crippen LogP contribution in [-0.2, 0) is 17.6 Å². The number of hydrogen-bond donors (Lipinski definition) is 1. The molecule has 0 atom stereocenters. The van der Waals surface area contributed by atoms with Crippen LogP contribution in [0.3, 0.4) is 0 Å². The third-order valence-electron chi connectivity index (χ3n) is 3.50. The van der Waals surface area contributed by atoms with E-state index in [2.05, 4.69) is 15.2 Å². The molecule has 0 saturated carbocycles. The smallest absolute Gasteiger partial charge is 0.267 e. The van der Waals surface area contributed by atoms with Gasteiger partial charge >= 0.3 is 0 Å². The Bertz CT molecular complexity index is 852. The van der Waals surface area contributed by atoms with Crippen molar-refractivity contribution >= 4 is 11.6 Å². The molecule has 24 heavy (non-hydrogen) atoms. The van der Waals surface area contributed by atoms with E-state index < -0.39 is 11.6 Å². The van der Waals surface area contributed by atoms with E-state index in [1.165, 1.54) is 12.6 Å². The number of carbonyl (C=O) groups is 2. The standard InChI is InChI=1S/C17H15N3O4/c1-23-15-5-3-2-4-12(15)8-13-6-11(9-24-13)7-14(21)16(22)17-18-10-19-20-17/h2-6,9-10H,7-8H2,1H3,(H,18,19,20). The van der Waals surface area contributed by atoms with Gasteiger partial charge in [0.2, 0.25) is 11.6 Å². The average molecular weight is 325 g/mol. The number of aromatic amines is 1. The fourth-order valence-electron chi connectivity index (χ4n) is 2.36. The highest BCUT2D eigenvalue weighted by atomic mass is 16.5. The number of Topliss-reactive ketones (excluding diaryl/α,β-unsaturated/α-hetero) is 2. The lowest BCUT2D eigenvalue weighted by Crippen LogP contribution is -2.17. The first-order valence-electron chi connectivity index (χ1n) is 7.29. The van der Waals surface area contributed by atoms with Crippen LogP contribution in [0.15, 0.2) is 47.3 Å². The number of benzene rings is 1. The van der Waals surface area contributed by atoms with Crippen molar-refractivity contribution in [1.29, 1.82) is 0 Å². The van der Waals surface area contributed by atoms with Gasteiger partial charge in [-0.25, -0.2) is 4.98 Å². The zero-order valence-electron chi connectivity index (χ0n) is 13.0. The summed E-state index contributed by atoms with van der Waals surface area (Å²) in [6.45, 7) is 0. The lowest BCUT2D eigenvalue weighted by atomic mass is 10.1. The fraction of sp³-hybridized carbons (Fsp3) is 0.176. The van der Waals surface area contributed by atoms with Crippen molar-refractivity contribution in [2.75, 3.05) is 7.11 Å². The maximum atomic E-state index is 12.0. The highest BCUT2D eigenvalue weighted by molar-refractivity contribution is 6.43. The lowest BCUT2D eigenvalue weighted by molar-refractivity contribution is -0.114. The van der Waals surface area contributed by atoms with Gasteiger partial charge in [-0.15, -0.1) is 5.10 Å². The molecule has 7 heteroatoms. The number of ketones is 2. The molecule has 2 aromatic heterocycles. The molecule has 0 aliphatic carbocycles. The number of H-pyrrole nitrogens is 1. The van der Waals surface area contributed by atoms with E-state index in [0.29, 0.717) is 17.7 Å². The van der Waals surface area contributed by atoms with E-state index in [0.717, 1.165) is 11.3 Å². The molecule has 122 valence electrons. The predicted octanol–water partition coefficient (Wildman–Crippen LogP) is 1.99. The van der Waals surface area contributed by atoms with Crippen LogP contribution in [0.25, 0.3) is 0 Å². The highest BCUT2D eigenvalue weighted by Crippen LogP contribution is 2.22. The van der Waals surface area contributed by atoms with Crippen molar-refractivity contribution in [2.45, 2.75) is 12.8 Å². The topological polar surface area (TPSA) is 98.1 Å². The van der Waals surface area contributed by atoms with E-state index in [-0.39, 0.29) is 12.2 Å². The van der Waals surface area contributed by atoms with Crippen molar-refractivity contribution in [1.82, 2.24) is 15.2 Å². The number of rotatable bonds is 7. The number of carbonyl (C=O) groups excluding carboxylic acids is 2. The number of methoxy groups -OCH3 is 1. The zero-order chi connectivity index (χ0) is 16.9. The van der Waals surface area contributed by atoms with Gasteiger partial charge in [-0.3, -0.25) is 14.7 Å². The molecular weight excluding hydrogens is 310 g/mol. The average Bonchev–Trinajstić information content (AvgIpc) is 3.27. The quantitative estimate of drug-likeness (QED) is 0.527. The molecular formula is C17H15N3O4. The van der Waals surface area contributed by atoms with Gasteiger partial charge in [-0.05, 0) is 17.7 Å². The van der Waals surface area contributed by atoms with E-state index >= 15 is 0 Å². The molecule has 0 aliphatic heterocycles. The van der Waals surface area contributed by atoms with Crippen LogP contribution in [0.5, 0.6) is 5.75 Å². The maximum Gasteiger partial charge on any atom is 0.267 e. The van der Waals surface area contributed by atoms with Gasteiger partial charge in [0.05, 0.1) is 13.4 Å². The van der Waals surface area contributed by atoms with Crippen molar-refractivity contribution in [3.63, 3.8) is 0 Å². The molecule has 0 amide bonds. The number of para-hydroxylation sites is 1. The number of furan rings is 1. The van der Waals surface area contributed by atoms with E-state index in [9.17, 15) is 9.59 Å². The third kappa shape index (κ3) is 3.40. The summed E-state index contributed by atoms with van der Waals surface area (Å²) in [5.74, 6) is 0.0275. The number of nitrogens with zero attached hydrogens (tertiary/aromatic N) is 2. The molecule has 0 radical (unpaired) electrons. The summed E-state index contributed by atoms with van der Waals surface area (Å²) in [4.78, 5) is 27.5. The largest absolute Gasteiger partial charge is 0.496 e. The van der Waals surface area contributed by atoms with Gasteiger partial charge < -0.3 is 9.15 Å². The molecule has 0 fully saturated rings. The summed E-state index contributed by atoms with van der Waals surface area (Å²) >= 11 is 0. The monoisotopic (exact) mass is 325 g/mol. The van der Waals surface area contributed by atoms with Crippen LogP contribution < -0.4 is 4.74 Å². The Morgan fingerprint density at radius 1 is 1.29 bits per heavy atom. The number of ether oxygens (including phenoxy) is 1. The third-order valence-corrected chi connectivity index (χ3v) is 3.50. The minimum absolute atomic E-state index is 0.0528. The molecule has 0 spiro atoms. The molecule has 2 heterocycles. The SMILES string of the molecule is COc1ccccc1Cc1cc(CC(=O)C(=O)c2nc[nH]n2)co1. The van der Waals surface area contributed by atoms with Crippen LogP contribution in [0.1, 0.15) is 27.5 Å². The summed E-state index contributed by atoms with van der Waals surface area (Å²) in [5.41, 5.74) is 1.61. The second-order valence-electron chi connectivity index (χ2n) is 5.16. The molecule has 1 N–H and O–H groups in total. The minimum atomic E-state index is -0.719. The van der Waals surface area contributed by atoms with Gasteiger partial charge in [0.15, 0.2) is 0 Å². The van der Waals surface area contributed by atoms with E-state index in [1.807, 2.05) is 24.3 Å². The Morgan fingerprint density at radius 3 is 2.88 bits per heavy atom. The Morgan fingerprint density at radius 2 is 2.12 bits per heavy atom. The molecule has 1 aromatic carbocycles. The van der Waals surface area contributed by atoms with Gasteiger partial charge in [0, 0.05) is 18.4 Å². The Kier molecular flexibility index (Phi) is 4.51. The van der Waals surface area contributed by atoms with E-state index in [4.69, 9.17) is 9.15 Å². The summed E-state index contributed by atoms with van der Waals surface area (Å²) in [6, 6.07) is 9.39.